The highest BCUT2D eigenvalue weighted by molar-refractivity contribution is 5.91. The second-order valence-corrected chi connectivity index (χ2v) is 10.1. The summed E-state index contributed by atoms with van der Waals surface area (Å²) in [5.41, 5.74) is 2.08. The first-order chi connectivity index (χ1) is 11.8. The van der Waals surface area contributed by atoms with Crippen LogP contribution >= 0.6 is 0 Å². The van der Waals surface area contributed by atoms with Crippen LogP contribution in [0.3, 0.4) is 0 Å². The van der Waals surface area contributed by atoms with Crippen molar-refractivity contribution >= 4 is 11.6 Å². The van der Waals surface area contributed by atoms with E-state index in [1.807, 2.05) is 6.08 Å². The van der Waals surface area contributed by atoms with Gasteiger partial charge in [0.05, 0.1) is 0 Å². The molecule has 138 valence electrons. The molecule has 0 radical (unpaired) electrons. The smallest absolute Gasteiger partial charge is 0.155 e. The van der Waals surface area contributed by atoms with Crippen LogP contribution in [0.5, 0.6) is 0 Å². The lowest BCUT2D eigenvalue weighted by molar-refractivity contribution is -0.125. The van der Waals surface area contributed by atoms with Crippen molar-refractivity contribution in [2.75, 3.05) is 0 Å². The van der Waals surface area contributed by atoms with Gasteiger partial charge in [-0.2, -0.15) is 0 Å². The maximum absolute atomic E-state index is 12.1. The highest BCUT2D eigenvalue weighted by atomic mass is 16.1. The first kappa shape index (κ1) is 17.5. The second kappa shape index (κ2) is 5.79. The van der Waals surface area contributed by atoms with Gasteiger partial charge in [0.15, 0.2) is 5.78 Å². The molecule has 0 spiro atoms. The summed E-state index contributed by atoms with van der Waals surface area (Å²) in [6, 6.07) is 0. The molecule has 0 aliphatic heterocycles. The summed E-state index contributed by atoms with van der Waals surface area (Å²) in [6.45, 7) is 8.91. The number of carbonyl (C=O) groups is 2. The van der Waals surface area contributed by atoms with E-state index in [0.29, 0.717) is 22.9 Å². The Bertz CT molecular complexity index is 632. The molecule has 4 aliphatic rings. The number of allylic oxidation sites excluding steroid dienone is 1. The summed E-state index contributed by atoms with van der Waals surface area (Å²) < 4.78 is 0. The van der Waals surface area contributed by atoms with Gasteiger partial charge in [0.2, 0.25) is 0 Å². The third-order valence-corrected chi connectivity index (χ3v) is 9.28. The van der Waals surface area contributed by atoms with Gasteiger partial charge >= 0.3 is 0 Å². The first-order valence-corrected chi connectivity index (χ1v) is 10.5. The lowest BCUT2D eigenvalue weighted by atomic mass is 9.46. The first-order valence-electron chi connectivity index (χ1n) is 10.5. The molecule has 0 aromatic heterocycles. The molecule has 4 rings (SSSR count). The molecule has 0 unspecified atom stereocenters. The molecule has 7 atom stereocenters. The lowest BCUT2D eigenvalue weighted by Crippen LogP contribution is -2.51. The summed E-state index contributed by atoms with van der Waals surface area (Å²) in [6.07, 6.45) is 11.3. The average Bonchev–Trinajstić information content (AvgIpc) is 2.92. The molecule has 25 heavy (non-hydrogen) atoms. The van der Waals surface area contributed by atoms with Crippen molar-refractivity contribution in [2.24, 2.45) is 40.4 Å². The fourth-order valence-corrected chi connectivity index (χ4v) is 7.70. The Kier molecular flexibility index (Phi) is 4.05. The number of fused-ring (bicyclic) bond motifs is 5. The largest absolute Gasteiger partial charge is 0.300 e. The SMILES string of the molecule is CC(=O)[C@H](C)[C@H]1CC[C@H]2[C@@H]3CCC4=CC(=O)CC[C@]4(C)[C@H]3CC[C@]12C. The maximum Gasteiger partial charge on any atom is 0.155 e. The highest BCUT2D eigenvalue weighted by Crippen LogP contribution is 2.67. The van der Waals surface area contributed by atoms with Gasteiger partial charge in [-0.05, 0) is 92.4 Å². The Hall–Kier alpha value is -0.920. The number of ketones is 2. The van der Waals surface area contributed by atoms with Crippen molar-refractivity contribution in [3.63, 3.8) is 0 Å². The Morgan fingerprint density at radius 3 is 2.56 bits per heavy atom. The van der Waals surface area contributed by atoms with Crippen LogP contribution in [0.25, 0.3) is 0 Å². The van der Waals surface area contributed by atoms with Crippen LogP contribution in [0.15, 0.2) is 11.6 Å². The van der Waals surface area contributed by atoms with Crippen LogP contribution in [0.2, 0.25) is 0 Å². The molecular weight excluding hydrogens is 308 g/mol. The molecule has 0 aromatic carbocycles. The minimum Gasteiger partial charge on any atom is -0.300 e. The van der Waals surface area contributed by atoms with Crippen LogP contribution < -0.4 is 0 Å². The van der Waals surface area contributed by atoms with Gasteiger partial charge in [-0.25, -0.2) is 0 Å². The minimum atomic E-state index is 0.216. The summed E-state index contributed by atoms with van der Waals surface area (Å²) in [5, 5.41) is 0. The average molecular weight is 343 g/mol. The topological polar surface area (TPSA) is 34.1 Å². The third kappa shape index (κ3) is 2.42. The van der Waals surface area contributed by atoms with E-state index in [4.69, 9.17) is 0 Å². The minimum absolute atomic E-state index is 0.216. The van der Waals surface area contributed by atoms with Crippen LogP contribution in [0.4, 0.5) is 0 Å². The van der Waals surface area contributed by atoms with Gasteiger partial charge in [-0.1, -0.05) is 26.3 Å². The fraction of sp³-hybridized carbons (Fsp3) is 0.826. The van der Waals surface area contributed by atoms with Crippen molar-refractivity contribution in [3.8, 4) is 0 Å². The molecule has 2 heteroatoms. The van der Waals surface area contributed by atoms with E-state index < -0.39 is 0 Å². The van der Waals surface area contributed by atoms with Crippen molar-refractivity contribution in [3.05, 3.63) is 11.6 Å². The predicted molar refractivity (Wildman–Crippen MR) is 100 cm³/mol. The van der Waals surface area contributed by atoms with Gasteiger partial charge in [-0.15, -0.1) is 0 Å². The quantitative estimate of drug-likeness (QED) is 0.677. The molecule has 3 saturated carbocycles. The van der Waals surface area contributed by atoms with Crippen LogP contribution in [-0.2, 0) is 9.59 Å². The van der Waals surface area contributed by atoms with E-state index in [1.165, 1.54) is 37.7 Å². The van der Waals surface area contributed by atoms with Crippen molar-refractivity contribution in [1.82, 2.24) is 0 Å². The van der Waals surface area contributed by atoms with E-state index in [-0.39, 0.29) is 11.3 Å². The number of carbonyl (C=O) groups excluding carboxylic acids is 2. The van der Waals surface area contributed by atoms with E-state index in [1.54, 1.807) is 6.92 Å². The van der Waals surface area contributed by atoms with Gasteiger partial charge < -0.3 is 0 Å². The second-order valence-electron chi connectivity index (χ2n) is 10.1. The number of hydrogen-bond acceptors (Lipinski definition) is 2. The summed E-state index contributed by atoms with van der Waals surface area (Å²) in [4.78, 5) is 24.0. The molecule has 4 aliphatic carbocycles. The van der Waals surface area contributed by atoms with E-state index in [0.717, 1.165) is 37.0 Å². The molecule has 0 saturated heterocycles. The normalized spacial score (nSPS) is 47.4. The van der Waals surface area contributed by atoms with Crippen molar-refractivity contribution in [1.29, 1.82) is 0 Å². The number of Topliss-reactive ketones (excluding diaryl/α,β-unsaturated/α-hetero) is 1. The Labute approximate surface area is 152 Å². The molecular formula is C23H34O2. The van der Waals surface area contributed by atoms with Gasteiger partial charge in [-0.3, -0.25) is 9.59 Å². The van der Waals surface area contributed by atoms with Crippen LogP contribution in [0.1, 0.15) is 79.1 Å². The van der Waals surface area contributed by atoms with Crippen LogP contribution in [0, 0.1) is 40.4 Å². The molecule has 3 fully saturated rings. The number of rotatable bonds is 2. The molecule has 0 heterocycles. The zero-order valence-electron chi connectivity index (χ0n) is 16.4. The van der Waals surface area contributed by atoms with E-state index in [2.05, 4.69) is 20.8 Å². The zero-order chi connectivity index (χ0) is 18.0. The monoisotopic (exact) mass is 342 g/mol. The van der Waals surface area contributed by atoms with Crippen LogP contribution in [-0.4, -0.2) is 11.6 Å². The van der Waals surface area contributed by atoms with Crippen molar-refractivity contribution in [2.45, 2.75) is 79.1 Å². The molecule has 0 N–H and O–H groups in total. The standard InChI is InChI=1S/C23H34O2/c1-14(15(2)24)19-7-8-20-18-6-5-16-13-17(25)9-11-22(16,3)21(18)10-12-23(19,20)4/h13-14,18-21H,5-12H2,1-4H3/t14-,18-,19+,20-,21-,22-,23+/m0/s1. The molecule has 0 amide bonds. The van der Waals surface area contributed by atoms with E-state index in [9.17, 15) is 9.59 Å². The highest BCUT2D eigenvalue weighted by Gasteiger charge is 2.59. The van der Waals surface area contributed by atoms with Gasteiger partial charge in [0.25, 0.3) is 0 Å². The predicted octanol–water partition coefficient (Wildman–Crippen LogP) is 5.36. The molecule has 2 nitrogen and oxygen atoms in total. The van der Waals surface area contributed by atoms with E-state index >= 15 is 0 Å². The van der Waals surface area contributed by atoms with Crippen molar-refractivity contribution < 1.29 is 9.59 Å². The lowest BCUT2D eigenvalue weighted by Gasteiger charge is -2.58. The third-order valence-electron chi connectivity index (χ3n) is 9.28. The maximum atomic E-state index is 12.1. The molecule has 0 aromatic rings. The summed E-state index contributed by atoms with van der Waals surface area (Å²) in [5.74, 6) is 3.86. The summed E-state index contributed by atoms with van der Waals surface area (Å²) >= 11 is 0. The summed E-state index contributed by atoms with van der Waals surface area (Å²) in [7, 11) is 0. The number of hydrogen-bond donors (Lipinski definition) is 0. The fourth-order valence-electron chi connectivity index (χ4n) is 7.70. The van der Waals surface area contributed by atoms with Gasteiger partial charge in [0.1, 0.15) is 5.78 Å². The zero-order valence-corrected chi connectivity index (χ0v) is 16.4. The van der Waals surface area contributed by atoms with Gasteiger partial charge in [0, 0.05) is 12.3 Å². The Morgan fingerprint density at radius 1 is 1.08 bits per heavy atom. The Balaban J connectivity index is 1.63. The Morgan fingerprint density at radius 2 is 1.84 bits per heavy atom. The molecule has 0 bridgehead atoms.